The van der Waals surface area contributed by atoms with Gasteiger partial charge in [0.25, 0.3) is 5.91 Å². The smallest absolute Gasteiger partial charge is 0.274 e. The van der Waals surface area contributed by atoms with Crippen LogP contribution in [0.15, 0.2) is 24.7 Å². The molecule has 0 radical (unpaired) electrons. The molecule has 0 bridgehead atoms. The van der Waals surface area contributed by atoms with Crippen molar-refractivity contribution in [3.05, 3.63) is 45.7 Å². The van der Waals surface area contributed by atoms with Crippen molar-refractivity contribution >= 4 is 46.4 Å². The van der Waals surface area contributed by atoms with Gasteiger partial charge in [-0.15, -0.1) is 0 Å². The van der Waals surface area contributed by atoms with Crippen LogP contribution < -0.4 is 5.32 Å². The Bertz CT molecular complexity index is 568. The molecule has 1 N–H and O–H groups in total. The van der Waals surface area contributed by atoms with Crippen LogP contribution in [0.25, 0.3) is 0 Å². The van der Waals surface area contributed by atoms with Gasteiger partial charge in [-0.3, -0.25) is 4.79 Å². The summed E-state index contributed by atoms with van der Waals surface area (Å²) in [5, 5.41) is 3.02. The predicted octanol–water partition coefficient (Wildman–Crippen LogP) is 3.08. The second-order valence-electron chi connectivity index (χ2n) is 3.15. The number of pyridine rings is 1. The molecular weight excluding hydrogens is 298 g/mol. The maximum absolute atomic E-state index is 11.8. The molecule has 0 saturated heterocycles. The molecule has 0 spiro atoms. The highest BCUT2D eigenvalue weighted by Gasteiger charge is 2.13. The molecule has 8 heteroatoms. The van der Waals surface area contributed by atoms with E-state index in [2.05, 4.69) is 20.3 Å². The number of hydrogen-bond donors (Lipinski definition) is 1. The average molecular weight is 304 g/mol. The molecule has 92 valence electrons. The topological polar surface area (TPSA) is 67.8 Å². The van der Waals surface area contributed by atoms with Gasteiger partial charge in [0.15, 0.2) is 10.3 Å². The molecule has 0 unspecified atom stereocenters. The number of hydrogen-bond acceptors (Lipinski definition) is 4. The summed E-state index contributed by atoms with van der Waals surface area (Å²) in [6.07, 6.45) is 2.56. The minimum absolute atomic E-state index is 0.0531. The van der Waals surface area contributed by atoms with Crippen molar-refractivity contribution in [3.63, 3.8) is 0 Å². The van der Waals surface area contributed by atoms with Gasteiger partial charge in [-0.1, -0.05) is 34.8 Å². The highest BCUT2D eigenvalue weighted by molar-refractivity contribution is 6.38. The van der Waals surface area contributed by atoms with Gasteiger partial charge < -0.3 is 5.32 Å². The molecule has 2 heterocycles. The molecule has 1 amide bonds. The number of amides is 1. The molecule has 0 fully saturated rings. The van der Waals surface area contributed by atoms with Crippen LogP contribution in [0.2, 0.25) is 15.3 Å². The van der Waals surface area contributed by atoms with Gasteiger partial charge in [0, 0.05) is 6.20 Å². The standard InChI is InChI=1S/C10H5Cl3N4O/c11-5-1-2-6(14-3-5)10(18)17-7-8(12)15-4-16-9(7)13/h1-4H,(H,17,18). The van der Waals surface area contributed by atoms with Crippen LogP contribution in [0.3, 0.4) is 0 Å². The van der Waals surface area contributed by atoms with E-state index < -0.39 is 5.91 Å². The van der Waals surface area contributed by atoms with E-state index in [1.54, 1.807) is 6.07 Å². The van der Waals surface area contributed by atoms with Crippen LogP contribution in [-0.4, -0.2) is 20.9 Å². The Morgan fingerprint density at radius 2 is 1.72 bits per heavy atom. The fraction of sp³-hybridized carbons (Fsp3) is 0. The largest absolute Gasteiger partial charge is 0.315 e. The highest BCUT2D eigenvalue weighted by atomic mass is 35.5. The first kappa shape index (κ1) is 13.0. The van der Waals surface area contributed by atoms with Gasteiger partial charge in [0.1, 0.15) is 17.7 Å². The van der Waals surface area contributed by atoms with E-state index in [0.29, 0.717) is 5.02 Å². The number of nitrogens with zero attached hydrogens (tertiary/aromatic N) is 3. The molecule has 18 heavy (non-hydrogen) atoms. The molecule has 2 aromatic rings. The van der Waals surface area contributed by atoms with Crippen molar-refractivity contribution in [2.75, 3.05) is 5.32 Å². The molecule has 5 nitrogen and oxygen atoms in total. The number of nitrogens with one attached hydrogen (secondary N) is 1. The molecule has 0 aliphatic heterocycles. The lowest BCUT2D eigenvalue weighted by molar-refractivity contribution is 0.102. The average Bonchev–Trinajstić information content (AvgIpc) is 2.34. The third kappa shape index (κ3) is 2.87. The number of carbonyl (C=O) groups is 1. The normalized spacial score (nSPS) is 10.2. The second-order valence-corrected chi connectivity index (χ2v) is 4.30. The van der Waals surface area contributed by atoms with Crippen molar-refractivity contribution in [3.8, 4) is 0 Å². The zero-order valence-electron chi connectivity index (χ0n) is 8.69. The van der Waals surface area contributed by atoms with Gasteiger partial charge in [0.2, 0.25) is 0 Å². The SMILES string of the molecule is O=C(Nc1c(Cl)ncnc1Cl)c1ccc(Cl)cn1. The fourth-order valence-corrected chi connectivity index (χ4v) is 1.66. The predicted molar refractivity (Wildman–Crippen MR) is 69.3 cm³/mol. The monoisotopic (exact) mass is 302 g/mol. The maximum atomic E-state index is 11.8. The summed E-state index contributed by atoms with van der Waals surface area (Å²) in [6.45, 7) is 0. The minimum Gasteiger partial charge on any atom is -0.315 e. The van der Waals surface area contributed by atoms with Crippen molar-refractivity contribution in [1.29, 1.82) is 0 Å². The van der Waals surface area contributed by atoms with Crippen molar-refractivity contribution in [1.82, 2.24) is 15.0 Å². The molecule has 0 aliphatic rings. The fourth-order valence-electron chi connectivity index (χ4n) is 1.14. The van der Waals surface area contributed by atoms with Crippen LogP contribution in [0, 0.1) is 0 Å². The van der Waals surface area contributed by atoms with Crippen LogP contribution in [0.5, 0.6) is 0 Å². The number of halogens is 3. The van der Waals surface area contributed by atoms with E-state index in [0.717, 1.165) is 0 Å². The van der Waals surface area contributed by atoms with E-state index >= 15 is 0 Å². The first-order valence-electron chi connectivity index (χ1n) is 4.67. The van der Waals surface area contributed by atoms with Gasteiger partial charge in [-0.2, -0.15) is 0 Å². The van der Waals surface area contributed by atoms with Gasteiger partial charge in [0.05, 0.1) is 5.02 Å². The van der Waals surface area contributed by atoms with Gasteiger partial charge in [-0.05, 0) is 12.1 Å². The van der Waals surface area contributed by atoms with E-state index in [4.69, 9.17) is 34.8 Å². The number of aromatic nitrogens is 3. The summed E-state index contributed by atoms with van der Waals surface area (Å²) in [5.74, 6) is -0.481. The Morgan fingerprint density at radius 3 is 2.28 bits per heavy atom. The third-order valence-corrected chi connectivity index (χ3v) is 2.75. The lowest BCUT2D eigenvalue weighted by atomic mass is 10.3. The third-order valence-electron chi connectivity index (χ3n) is 1.95. The minimum atomic E-state index is -0.481. The van der Waals surface area contributed by atoms with E-state index in [1.165, 1.54) is 18.6 Å². The Hall–Kier alpha value is -1.43. The first-order chi connectivity index (χ1) is 8.58. The molecule has 0 aromatic carbocycles. The second kappa shape index (κ2) is 5.48. The summed E-state index contributed by atoms with van der Waals surface area (Å²) in [7, 11) is 0. The van der Waals surface area contributed by atoms with E-state index in [1.807, 2.05) is 0 Å². The van der Waals surface area contributed by atoms with Crippen molar-refractivity contribution in [2.24, 2.45) is 0 Å². The van der Waals surface area contributed by atoms with Crippen LogP contribution in [-0.2, 0) is 0 Å². The summed E-state index contributed by atoms with van der Waals surface area (Å²) >= 11 is 17.3. The molecule has 2 aromatic heterocycles. The zero-order chi connectivity index (χ0) is 13.1. The summed E-state index contributed by atoms with van der Waals surface area (Å²) < 4.78 is 0. The quantitative estimate of drug-likeness (QED) is 0.866. The highest BCUT2D eigenvalue weighted by Crippen LogP contribution is 2.26. The zero-order valence-corrected chi connectivity index (χ0v) is 11.0. The summed E-state index contributed by atoms with van der Waals surface area (Å²) in [6, 6.07) is 3.03. The number of rotatable bonds is 2. The van der Waals surface area contributed by atoms with Gasteiger partial charge in [-0.25, -0.2) is 15.0 Å². The summed E-state index contributed by atoms with van der Waals surface area (Å²) in [4.78, 5) is 23.1. The number of carbonyl (C=O) groups excluding carboxylic acids is 1. The maximum Gasteiger partial charge on any atom is 0.274 e. The first-order valence-corrected chi connectivity index (χ1v) is 5.80. The van der Waals surface area contributed by atoms with Crippen LogP contribution in [0.4, 0.5) is 5.69 Å². The Labute approximate surface area is 117 Å². The van der Waals surface area contributed by atoms with Crippen molar-refractivity contribution in [2.45, 2.75) is 0 Å². The Balaban J connectivity index is 2.24. The molecule has 2 rings (SSSR count). The number of anilines is 1. The Morgan fingerprint density at radius 1 is 1.06 bits per heavy atom. The lowest BCUT2D eigenvalue weighted by Gasteiger charge is -2.06. The molecular formula is C10H5Cl3N4O. The van der Waals surface area contributed by atoms with Crippen LogP contribution in [0.1, 0.15) is 10.5 Å². The summed E-state index contributed by atoms with van der Waals surface area (Å²) in [5.41, 5.74) is 0.318. The Kier molecular flexibility index (Phi) is 3.96. The molecule has 0 aliphatic carbocycles. The van der Waals surface area contributed by atoms with E-state index in [9.17, 15) is 4.79 Å². The van der Waals surface area contributed by atoms with Crippen molar-refractivity contribution < 1.29 is 4.79 Å². The van der Waals surface area contributed by atoms with E-state index in [-0.39, 0.29) is 21.7 Å². The lowest BCUT2D eigenvalue weighted by Crippen LogP contribution is -2.14. The van der Waals surface area contributed by atoms with Crippen LogP contribution >= 0.6 is 34.8 Å². The molecule has 0 atom stereocenters. The molecule has 0 saturated carbocycles. The van der Waals surface area contributed by atoms with Gasteiger partial charge >= 0.3 is 0 Å².